The van der Waals surface area contributed by atoms with E-state index in [9.17, 15) is 27.4 Å². The van der Waals surface area contributed by atoms with Crippen molar-refractivity contribution in [3.05, 3.63) is 42.0 Å². The summed E-state index contributed by atoms with van der Waals surface area (Å²) in [6, 6.07) is 8.54. The number of allylic oxidation sites excluding steroid dienone is 1. The first-order valence-corrected chi connectivity index (χ1v) is 18.9. The van der Waals surface area contributed by atoms with Gasteiger partial charge in [-0.3, -0.25) is 0 Å². The Hall–Kier alpha value is -1.31. The summed E-state index contributed by atoms with van der Waals surface area (Å²) in [7, 11) is -3.82. The smallest absolute Gasteiger partial charge is 0.248 e. The number of sulfone groups is 1. The van der Waals surface area contributed by atoms with Gasteiger partial charge in [-0.2, -0.15) is 0 Å². The van der Waals surface area contributed by atoms with Gasteiger partial charge in [0, 0.05) is 12.8 Å². The standard InChI is InChI=1S/C37H54F2O4S/c1-5-35(40)18-14-28-26(23-35)13-16-34(4)30(28)15-17-33(3)29(11-12-32(33)34)25(2)31(44(42,43)27-9-7-6-8-10-27)24-36(41)19-21-37(38,39)22-20-36/h6-10,13,25,28-32,40-41H,5,11-12,14-24H2,1-4H3/t25-,28-,29+,30+,31?,32+,33+,34+,35-/m0/s1. The molecule has 4 saturated carbocycles. The molecule has 4 fully saturated rings. The number of benzene rings is 1. The number of aliphatic hydroxyl groups is 2. The lowest BCUT2D eigenvalue weighted by Gasteiger charge is -2.61. The molecule has 5 aliphatic carbocycles. The largest absolute Gasteiger partial charge is 0.390 e. The van der Waals surface area contributed by atoms with Gasteiger partial charge in [-0.1, -0.05) is 57.5 Å². The summed E-state index contributed by atoms with van der Waals surface area (Å²) in [6.45, 7) is 9.06. The minimum Gasteiger partial charge on any atom is -0.390 e. The lowest BCUT2D eigenvalue weighted by Crippen LogP contribution is -2.54. The number of alkyl halides is 2. The Morgan fingerprint density at radius 1 is 0.886 bits per heavy atom. The average molecular weight is 633 g/mol. The molecular formula is C37H54F2O4S. The molecule has 6 rings (SSSR count). The maximum absolute atomic E-state index is 14.4. The van der Waals surface area contributed by atoms with Crippen LogP contribution in [0.5, 0.6) is 0 Å². The fraction of sp³-hybridized carbons (Fsp3) is 0.784. The molecule has 1 aromatic rings. The number of halogens is 2. The molecule has 0 bridgehead atoms. The van der Waals surface area contributed by atoms with Crippen LogP contribution >= 0.6 is 0 Å². The predicted molar refractivity (Wildman–Crippen MR) is 170 cm³/mol. The molecule has 5 aliphatic rings. The van der Waals surface area contributed by atoms with Gasteiger partial charge in [0.25, 0.3) is 0 Å². The monoisotopic (exact) mass is 632 g/mol. The number of fused-ring (bicyclic) bond motifs is 5. The van der Waals surface area contributed by atoms with Gasteiger partial charge in [0.2, 0.25) is 5.92 Å². The second-order valence-electron chi connectivity index (χ2n) is 16.3. The van der Waals surface area contributed by atoms with E-state index in [2.05, 4.69) is 33.8 Å². The molecule has 0 radical (unpaired) electrons. The van der Waals surface area contributed by atoms with Crippen LogP contribution in [0.3, 0.4) is 0 Å². The highest BCUT2D eigenvalue weighted by atomic mass is 32.2. The van der Waals surface area contributed by atoms with E-state index in [4.69, 9.17) is 0 Å². The average Bonchev–Trinajstić information content (AvgIpc) is 3.36. The number of hydrogen-bond acceptors (Lipinski definition) is 4. The fourth-order valence-electron chi connectivity index (χ4n) is 11.4. The highest BCUT2D eigenvalue weighted by molar-refractivity contribution is 7.92. The van der Waals surface area contributed by atoms with Crippen LogP contribution < -0.4 is 0 Å². The first kappa shape index (κ1) is 32.6. The van der Waals surface area contributed by atoms with E-state index in [1.807, 2.05) is 0 Å². The van der Waals surface area contributed by atoms with E-state index in [1.165, 1.54) is 5.57 Å². The molecule has 1 unspecified atom stereocenters. The minimum absolute atomic E-state index is 0.00707. The van der Waals surface area contributed by atoms with Gasteiger partial charge in [0.1, 0.15) is 0 Å². The second-order valence-corrected chi connectivity index (χ2v) is 18.5. The van der Waals surface area contributed by atoms with Crippen molar-refractivity contribution in [2.45, 2.75) is 145 Å². The third kappa shape index (κ3) is 5.43. The van der Waals surface area contributed by atoms with Crippen molar-refractivity contribution in [3.63, 3.8) is 0 Å². The van der Waals surface area contributed by atoms with Gasteiger partial charge >= 0.3 is 0 Å². The van der Waals surface area contributed by atoms with Crippen LogP contribution in [0.25, 0.3) is 0 Å². The summed E-state index contributed by atoms with van der Waals surface area (Å²) in [5.74, 6) is -1.25. The molecule has 0 aliphatic heterocycles. The van der Waals surface area contributed by atoms with Crippen molar-refractivity contribution in [1.29, 1.82) is 0 Å². The summed E-state index contributed by atoms with van der Waals surface area (Å²) in [5.41, 5.74) is -0.392. The fourth-order valence-corrected chi connectivity index (χ4v) is 13.6. The van der Waals surface area contributed by atoms with Crippen molar-refractivity contribution in [2.75, 3.05) is 0 Å². The van der Waals surface area contributed by atoms with Crippen molar-refractivity contribution in [3.8, 4) is 0 Å². The van der Waals surface area contributed by atoms with Crippen molar-refractivity contribution in [1.82, 2.24) is 0 Å². The summed E-state index contributed by atoms with van der Waals surface area (Å²) >= 11 is 0. The lowest BCUT2D eigenvalue weighted by molar-refractivity contribution is -0.111. The molecule has 7 heteroatoms. The van der Waals surface area contributed by atoms with Crippen LogP contribution in [0.15, 0.2) is 46.9 Å². The highest BCUT2D eigenvalue weighted by Gasteiger charge is 2.63. The van der Waals surface area contributed by atoms with Gasteiger partial charge < -0.3 is 10.2 Å². The zero-order chi connectivity index (χ0) is 31.8. The molecule has 0 spiro atoms. The summed E-state index contributed by atoms with van der Waals surface area (Å²) in [5, 5.41) is 21.9. The van der Waals surface area contributed by atoms with Crippen molar-refractivity contribution >= 4 is 9.84 Å². The van der Waals surface area contributed by atoms with Gasteiger partial charge in [-0.15, -0.1) is 0 Å². The topological polar surface area (TPSA) is 74.6 Å². The van der Waals surface area contributed by atoms with Crippen molar-refractivity contribution < 1.29 is 27.4 Å². The van der Waals surface area contributed by atoms with E-state index < -0.39 is 45.1 Å². The molecule has 0 heterocycles. The molecular weight excluding hydrogens is 578 g/mol. The summed E-state index contributed by atoms with van der Waals surface area (Å²) in [6.07, 6.45) is 10.3. The Bertz CT molecular complexity index is 1350. The maximum Gasteiger partial charge on any atom is 0.248 e. The molecule has 0 saturated heterocycles. The van der Waals surface area contributed by atoms with Gasteiger partial charge in [0.05, 0.1) is 21.3 Å². The lowest BCUT2D eigenvalue weighted by atomic mass is 9.44. The van der Waals surface area contributed by atoms with E-state index in [0.717, 1.165) is 57.8 Å². The number of rotatable bonds is 7. The van der Waals surface area contributed by atoms with E-state index in [0.29, 0.717) is 17.8 Å². The van der Waals surface area contributed by atoms with E-state index in [-0.39, 0.29) is 46.8 Å². The first-order chi connectivity index (χ1) is 20.6. The summed E-state index contributed by atoms with van der Waals surface area (Å²) in [4.78, 5) is 0.256. The first-order valence-electron chi connectivity index (χ1n) is 17.4. The molecule has 0 aromatic heterocycles. The Kier molecular flexibility index (Phi) is 8.27. The Balaban J connectivity index is 1.30. The van der Waals surface area contributed by atoms with Crippen molar-refractivity contribution in [2.24, 2.45) is 40.4 Å². The minimum atomic E-state index is -3.82. The molecule has 2 N–H and O–H groups in total. The van der Waals surface area contributed by atoms with Crippen LogP contribution in [-0.2, 0) is 9.84 Å². The molecule has 44 heavy (non-hydrogen) atoms. The predicted octanol–water partition coefficient (Wildman–Crippen LogP) is 8.52. The Labute approximate surface area is 264 Å². The van der Waals surface area contributed by atoms with Crippen LogP contribution in [0, 0.1) is 40.4 Å². The van der Waals surface area contributed by atoms with Crippen LogP contribution in [0.1, 0.15) is 118 Å². The molecule has 0 amide bonds. The third-order valence-electron chi connectivity index (χ3n) is 14.1. The van der Waals surface area contributed by atoms with Crippen LogP contribution in [0.4, 0.5) is 8.78 Å². The zero-order valence-corrected chi connectivity index (χ0v) is 28.0. The molecule has 4 nitrogen and oxygen atoms in total. The van der Waals surface area contributed by atoms with Crippen LogP contribution in [-0.4, -0.2) is 41.0 Å². The number of hydrogen-bond donors (Lipinski definition) is 2. The zero-order valence-electron chi connectivity index (χ0n) is 27.2. The SMILES string of the molecule is CC[C@]1(O)CC[C@H]2C(=CC[C@@]3(C)[C@@H]4CC[C@H]([C@H](C)C(CC5(O)CCC(F)(F)CC5)S(=O)(=O)c5ccccc5)[C@@]4(C)CC[C@H]23)C1. The van der Waals surface area contributed by atoms with Crippen LogP contribution in [0.2, 0.25) is 0 Å². The van der Waals surface area contributed by atoms with E-state index >= 15 is 0 Å². The Morgan fingerprint density at radius 3 is 2.23 bits per heavy atom. The highest BCUT2D eigenvalue weighted by Crippen LogP contribution is 2.70. The summed E-state index contributed by atoms with van der Waals surface area (Å²) < 4.78 is 57.0. The molecule has 9 atom stereocenters. The van der Waals surface area contributed by atoms with Gasteiger partial charge in [0.15, 0.2) is 9.84 Å². The molecule has 1 aromatic carbocycles. The Morgan fingerprint density at radius 2 is 1.57 bits per heavy atom. The molecule has 246 valence electrons. The second kappa shape index (κ2) is 11.1. The quantitative estimate of drug-likeness (QED) is 0.296. The van der Waals surface area contributed by atoms with Gasteiger partial charge in [-0.05, 0) is 130 Å². The van der Waals surface area contributed by atoms with Gasteiger partial charge in [-0.25, -0.2) is 17.2 Å². The van der Waals surface area contributed by atoms with E-state index in [1.54, 1.807) is 30.3 Å². The normalized spacial score (nSPS) is 41.0. The third-order valence-corrected chi connectivity index (χ3v) is 16.4. The maximum atomic E-state index is 14.4.